The number of rotatable bonds is 8. The van der Waals surface area contributed by atoms with Gasteiger partial charge in [-0.3, -0.25) is 27.8 Å². The third kappa shape index (κ3) is 10.0. The Labute approximate surface area is 300 Å². The summed E-state index contributed by atoms with van der Waals surface area (Å²) >= 11 is 0. The van der Waals surface area contributed by atoms with Gasteiger partial charge in [-0.25, -0.2) is 13.7 Å². The molecule has 0 radical (unpaired) electrons. The number of anilines is 1. The second-order valence-corrected chi connectivity index (χ2v) is 10.7. The van der Waals surface area contributed by atoms with Crippen LogP contribution in [0.3, 0.4) is 0 Å². The summed E-state index contributed by atoms with van der Waals surface area (Å²) in [5.74, 6) is 1.24. The number of nitrogens with zero attached hydrogens (tertiary/aromatic N) is 3. The van der Waals surface area contributed by atoms with E-state index in [0.717, 1.165) is 10.9 Å². The number of halogens is 1. The molecule has 1 fully saturated rings. The van der Waals surface area contributed by atoms with Crippen molar-refractivity contribution >= 4 is 40.6 Å². The van der Waals surface area contributed by atoms with Gasteiger partial charge in [0.1, 0.15) is 12.2 Å². The number of nitrogen functional groups attached to an aromatic ring is 1. The van der Waals surface area contributed by atoms with Crippen molar-refractivity contribution in [3.63, 3.8) is 0 Å². The van der Waals surface area contributed by atoms with Crippen molar-refractivity contribution in [1.29, 1.82) is 0 Å². The maximum Gasteiger partial charge on any atom is 1.00 e. The van der Waals surface area contributed by atoms with Crippen LogP contribution in [0.4, 0.5) is 10.3 Å². The first kappa shape index (κ1) is 42.1. The Morgan fingerprint density at radius 2 is 1.79 bits per heavy atom. The minimum Gasteiger partial charge on any atom is -0.790 e. The van der Waals surface area contributed by atoms with Gasteiger partial charge in [-0.15, -0.1) is 6.42 Å². The fourth-order valence-electron chi connectivity index (χ4n) is 2.87. The predicted molar refractivity (Wildman–Crippen MR) is 96.1 cm³/mol. The number of aromatic amines is 1. The van der Waals surface area contributed by atoms with E-state index in [9.17, 15) is 43.2 Å². The van der Waals surface area contributed by atoms with Crippen LogP contribution in [0.25, 0.3) is 11.2 Å². The van der Waals surface area contributed by atoms with E-state index in [4.69, 9.17) is 16.9 Å². The van der Waals surface area contributed by atoms with Crippen LogP contribution in [0.15, 0.2) is 11.1 Å². The third-order valence-electron chi connectivity index (χ3n) is 4.17. The minimum absolute atomic E-state index is 0. The summed E-state index contributed by atoms with van der Waals surface area (Å²) in [5.41, 5.74) is 0.907. The largest absolute Gasteiger partial charge is 1.00 e. The molecule has 0 amide bonds. The summed E-state index contributed by atoms with van der Waals surface area (Å²) in [6.45, 7) is -1.32. The van der Waals surface area contributed by atoms with Crippen LogP contribution in [0, 0.1) is 12.3 Å². The van der Waals surface area contributed by atoms with E-state index < -0.39 is 65.7 Å². The topological polar surface area (TPSA) is 290 Å². The normalized spacial score (nSPS) is 25.9. The first-order valence-corrected chi connectivity index (χ1v) is 12.8. The van der Waals surface area contributed by atoms with E-state index in [2.05, 4.69) is 28.1 Å². The zero-order valence-corrected chi connectivity index (χ0v) is 30.8. The number of H-pyrrole nitrogens is 1. The minimum atomic E-state index is -6.25. The van der Waals surface area contributed by atoms with Crippen molar-refractivity contribution in [2.75, 3.05) is 12.3 Å². The number of nitrogens with one attached hydrogen (secondary N) is 1. The molecule has 3 heterocycles. The second-order valence-electron chi connectivity index (χ2n) is 6.46. The van der Waals surface area contributed by atoms with Crippen LogP contribution in [-0.2, 0) is 31.6 Å². The Bertz CT molecular complexity index is 1370. The molecule has 0 aliphatic carbocycles. The number of nitrogens with two attached hydrogens (primary N) is 1. The number of phosphoric acid groups is 3. The van der Waals surface area contributed by atoms with Gasteiger partial charge in [-0.2, -0.15) is 4.98 Å². The second kappa shape index (κ2) is 15.6. The van der Waals surface area contributed by atoms with Crippen molar-refractivity contribution in [1.82, 2.24) is 19.5 Å². The van der Waals surface area contributed by atoms with E-state index in [-0.39, 0.29) is 129 Å². The number of aliphatic hydroxyl groups is 1. The average Bonchev–Trinajstić information content (AvgIpc) is 3.17. The van der Waals surface area contributed by atoms with Gasteiger partial charge in [-0.1, -0.05) is 5.92 Å². The van der Waals surface area contributed by atoms with Gasteiger partial charge in [0.05, 0.1) is 20.8 Å². The van der Waals surface area contributed by atoms with Crippen LogP contribution < -0.4 is 149 Å². The number of hydrogen-bond donors (Lipinski definition) is 3. The molecule has 18 nitrogen and oxygen atoms in total. The maximum atomic E-state index is 15.5. The molecular formula is C12H11FN5Na4O13P3. The molecule has 2 aromatic rings. The molecule has 1 aliphatic heterocycles. The standard InChI is InChI=1S/C12H15FN5O13P3.4Na/c1-2-12(13)7(19)5(3-28-33(24,25)31-34(26,27)30-32(21,22)23)29-10(12)18-4-15-6-8(18)16-11(14)17-9(6)20;;;;/h1,4-5,7,10,19H,3H2,(H,24,25)(H,26,27)(H2,21,22,23)(H3,14,16,17,20);;;;/q;4*+1/p-4/t5-,7-,10+,12-;;;;/m1..../s1. The third-order valence-corrected chi connectivity index (χ3v) is 7.83. The molecule has 2 aromatic heterocycles. The van der Waals surface area contributed by atoms with Gasteiger partial charge in [0.15, 0.2) is 17.4 Å². The molecule has 0 aromatic carbocycles. The summed E-state index contributed by atoms with van der Waals surface area (Å²) in [6, 6.07) is 0. The number of fused-ring (bicyclic) bond motifs is 1. The van der Waals surface area contributed by atoms with Crippen LogP contribution in [0.2, 0.25) is 0 Å². The number of phosphoric ester groups is 1. The Kier molecular flexibility index (Phi) is 17.3. The molecular weight excluding hydrogens is 626 g/mol. The Balaban J connectivity index is 0. The Hall–Kier alpha value is 1.97. The van der Waals surface area contributed by atoms with Crippen LogP contribution in [0.5, 0.6) is 0 Å². The molecule has 2 unspecified atom stereocenters. The molecule has 188 valence electrons. The monoisotopic (exact) mass is 637 g/mol. The van der Waals surface area contributed by atoms with Crippen LogP contribution in [0.1, 0.15) is 6.23 Å². The summed E-state index contributed by atoms with van der Waals surface area (Å²) in [6.07, 6.45) is -0.143. The number of alkyl halides is 1. The fraction of sp³-hybridized carbons (Fsp3) is 0.417. The number of imidazole rings is 1. The number of hydrogen-bond acceptors (Lipinski definition) is 16. The van der Waals surface area contributed by atoms with Gasteiger partial charge in [0, 0.05) is 0 Å². The quantitative estimate of drug-likeness (QED) is 0.138. The number of terminal acetylenes is 1. The Morgan fingerprint density at radius 1 is 1.21 bits per heavy atom. The SMILES string of the molecule is C#C[C@@]1(F)[C@H](O)[C@@H](COP(=O)([O-])OP(=O)([O-])OP(=O)([O-])[O-])O[C@@H]1n1cnc2c(=O)[nH]c(N)nc21.[Na+].[Na+].[Na+].[Na+]. The molecule has 38 heavy (non-hydrogen) atoms. The van der Waals surface area contributed by atoms with Crippen molar-refractivity contribution in [2.45, 2.75) is 24.1 Å². The van der Waals surface area contributed by atoms with Gasteiger partial charge in [-0.05, 0) is 0 Å². The van der Waals surface area contributed by atoms with E-state index >= 15 is 4.39 Å². The molecule has 1 aliphatic rings. The first-order valence-electron chi connectivity index (χ1n) is 8.42. The summed E-state index contributed by atoms with van der Waals surface area (Å²) in [7, 11) is -18.4. The van der Waals surface area contributed by atoms with Crippen LogP contribution >= 0.6 is 23.5 Å². The van der Waals surface area contributed by atoms with Crippen molar-refractivity contribution in [3.05, 3.63) is 16.7 Å². The number of ether oxygens (including phenoxy) is 1. The van der Waals surface area contributed by atoms with E-state index in [1.807, 2.05) is 0 Å². The first-order chi connectivity index (χ1) is 15.5. The van der Waals surface area contributed by atoms with Gasteiger partial charge in [0.2, 0.25) is 11.6 Å². The van der Waals surface area contributed by atoms with Crippen molar-refractivity contribution < 1.29 is 179 Å². The molecule has 6 atom stereocenters. The van der Waals surface area contributed by atoms with Crippen molar-refractivity contribution in [2.24, 2.45) is 0 Å². The summed E-state index contributed by atoms with van der Waals surface area (Å²) < 4.78 is 65.2. The zero-order chi connectivity index (χ0) is 25.7. The van der Waals surface area contributed by atoms with E-state index in [1.165, 1.54) is 0 Å². The summed E-state index contributed by atoms with van der Waals surface area (Å²) in [5, 5.41) is 10.3. The van der Waals surface area contributed by atoms with Gasteiger partial charge >= 0.3 is 118 Å². The fourth-order valence-corrected chi connectivity index (χ4v) is 5.74. The number of aromatic nitrogens is 4. The molecule has 0 saturated carbocycles. The average molecular weight is 637 g/mol. The molecule has 4 N–H and O–H groups in total. The van der Waals surface area contributed by atoms with Gasteiger partial charge < -0.3 is 44.2 Å². The molecule has 0 spiro atoms. The molecule has 0 bridgehead atoms. The predicted octanol–water partition coefficient (Wildman–Crippen LogP) is -15.9. The van der Waals surface area contributed by atoms with E-state index in [0.29, 0.717) is 0 Å². The van der Waals surface area contributed by atoms with Crippen LogP contribution in [-0.4, -0.2) is 49.1 Å². The molecule has 1 saturated heterocycles. The van der Waals surface area contributed by atoms with Crippen molar-refractivity contribution in [3.8, 4) is 12.3 Å². The Morgan fingerprint density at radius 3 is 2.32 bits per heavy atom. The van der Waals surface area contributed by atoms with Gasteiger partial charge in [0.25, 0.3) is 21.2 Å². The molecule has 26 heteroatoms. The number of aliphatic hydroxyl groups excluding tert-OH is 1. The smallest absolute Gasteiger partial charge is 0.790 e. The van der Waals surface area contributed by atoms with E-state index in [1.54, 1.807) is 5.92 Å². The summed E-state index contributed by atoms with van der Waals surface area (Å²) in [4.78, 5) is 65.1. The maximum absolute atomic E-state index is 15.5. The molecule has 3 rings (SSSR count). The zero-order valence-electron chi connectivity index (χ0n) is 20.1.